The van der Waals surface area contributed by atoms with Crippen molar-refractivity contribution in [2.75, 3.05) is 32.8 Å². The van der Waals surface area contributed by atoms with Gasteiger partial charge in [-0.1, -0.05) is 93.9 Å². The van der Waals surface area contributed by atoms with E-state index < -0.39 is 286 Å². The van der Waals surface area contributed by atoms with Crippen LogP contribution in [0.4, 0.5) is 0 Å². The van der Waals surface area contributed by atoms with Crippen molar-refractivity contribution in [1.82, 2.24) is 79.8 Å². The zero-order valence-electron chi connectivity index (χ0n) is 67.6. The van der Waals surface area contributed by atoms with E-state index in [1.807, 2.05) is 0 Å². The standard InChI is InChI=1S/C72H124N20O24/c1-11-37(8)58(60(77)104)91-68(112)46(27-34(2)3)83-52(98)31-80-70(114)59(39(10)94)92-69(113)48(33-93)88-71(115)57(36(6)7)90-72(116)56(35(4)5)89-53(99)32-78-61(105)38(9)81-64(108)42(19-15-16-26-73)84-66(110)44(21-24-54(100)101)86-67(111)45(22-25-55(102)103)85-65(109)43(20-23-49(75)95)82-51(97)30-79-63(107)47(29-50(76)96)87-62(106)41(74)28-40-17-13-12-14-18-40/h34-48,56-59,93-94H,11-33,73-74H2,1-10H3,(H2,75,95)(H2,76,96)(H2,77,104)(H,78,105)(H,79,107)(H,80,114)(H,81,108)(H,82,97)(H,83,98)(H,84,110)(H,85,109)(H,86,111)(H,87,106)(H,88,115)(H,89,99)(H,90,116)(H,91,112)(H,92,113)(H,100,101)(H,102,103)/t37-,38-,39+,41-,42-,43-,44-,45-,46-,47-,48-,56-,57-,58-,59-/m0/s1. The SMILES string of the molecule is CC[C@H](C)[C@H](NC(=O)[C@H](CC(C)C)NC(=O)CNC(=O)[C@@H](NC(=O)[C@H](CO)NC(=O)[C@@H](NC(=O)[C@@H](NC(=O)CNC(=O)[C@H](C)NC(=O)[C@H](CCCCN)NC(=O)[C@H](CCC(=O)O)NC(=O)[C@H](CCC(=O)O)NC(=O)[C@H](CCC(N)=O)NC(=O)CNC(=O)[C@H](CC(N)=O)NC(=O)[C@@H](N)CC1CCCCC1)C(C)C)C(C)C)[C@@H](C)O)C(N)=O. The van der Waals surface area contributed by atoms with Crippen LogP contribution in [0.2, 0.25) is 0 Å². The van der Waals surface area contributed by atoms with Crippen molar-refractivity contribution in [3.63, 3.8) is 0 Å². The molecule has 15 atom stereocenters. The summed E-state index contributed by atoms with van der Waals surface area (Å²) in [6, 6.07) is -20.0. The van der Waals surface area contributed by atoms with Crippen LogP contribution >= 0.6 is 0 Å². The molecule has 0 aliphatic heterocycles. The molecule has 1 aliphatic rings. The van der Waals surface area contributed by atoms with Crippen molar-refractivity contribution in [1.29, 1.82) is 0 Å². The fourth-order valence-electron chi connectivity index (χ4n) is 11.9. The fourth-order valence-corrected chi connectivity index (χ4v) is 11.9. The molecule has 0 bridgehead atoms. The molecule has 0 radical (unpaired) electrons. The second-order valence-corrected chi connectivity index (χ2v) is 29.9. The van der Waals surface area contributed by atoms with Crippen LogP contribution in [-0.4, -0.2) is 256 Å². The Morgan fingerprint density at radius 2 is 0.810 bits per heavy atom. The van der Waals surface area contributed by atoms with E-state index in [1.54, 1.807) is 27.7 Å². The Morgan fingerprint density at radius 3 is 1.27 bits per heavy atom. The second kappa shape index (κ2) is 53.4. The molecular formula is C72H124N20O24. The summed E-state index contributed by atoms with van der Waals surface area (Å²) in [4.78, 5) is 263. The van der Waals surface area contributed by atoms with Crippen LogP contribution in [0.15, 0.2) is 0 Å². The van der Waals surface area contributed by atoms with Gasteiger partial charge >= 0.3 is 11.9 Å². The Bertz CT molecular complexity index is 3390. The highest BCUT2D eigenvalue weighted by atomic mass is 16.4. The summed E-state index contributed by atoms with van der Waals surface area (Å²) >= 11 is 0. The van der Waals surface area contributed by atoms with Crippen molar-refractivity contribution in [2.24, 2.45) is 58.3 Å². The maximum absolute atomic E-state index is 14.2. The van der Waals surface area contributed by atoms with Crippen LogP contribution in [0.5, 0.6) is 0 Å². The third-order valence-electron chi connectivity index (χ3n) is 18.7. The fraction of sp³-hybridized carbons (Fsp3) is 0.722. The molecule has 0 aromatic rings. The van der Waals surface area contributed by atoms with Gasteiger partial charge in [-0.05, 0) is 101 Å². The molecule has 0 heterocycles. The van der Waals surface area contributed by atoms with E-state index in [2.05, 4.69) is 79.8 Å². The monoisotopic (exact) mass is 1650 g/mol. The predicted molar refractivity (Wildman–Crippen MR) is 412 cm³/mol. The molecule has 656 valence electrons. The van der Waals surface area contributed by atoms with Gasteiger partial charge in [0.15, 0.2) is 0 Å². The minimum Gasteiger partial charge on any atom is -0.481 e. The van der Waals surface area contributed by atoms with Gasteiger partial charge in [-0.2, -0.15) is 0 Å². The van der Waals surface area contributed by atoms with Crippen LogP contribution in [0.3, 0.4) is 0 Å². The number of nitrogens with one attached hydrogen (secondary N) is 15. The molecule has 0 aromatic carbocycles. The summed E-state index contributed by atoms with van der Waals surface area (Å²) in [6.45, 7) is 11.9. The number of hydrogen-bond acceptors (Lipinski definition) is 24. The number of aliphatic carboxylic acids is 2. The van der Waals surface area contributed by atoms with Crippen molar-refractivity contribution in [3.8, 4) is 0 Å². The number of aliphatic hydroxyl groups is 2. The molecule has 0 saturated heterocycles. The lowest BCUT2D eigenvalue weighted by atomic mass is 9.85. The Labute approximate surface area is 672 Å². The first-order valence-electron chi connectivity index (χ1n) is 38.8. The van der Waals surface area contributed by atoms with Gasteiger partial charge in [0.2, 0.25) is 106 Å². The normalized spacial score (nSPS) is 16.0. The molecule has 1 saturated carbocycles. The third kappa shape index (κ3) is 40.0. The number of rotatable bonds is 56. The smallest absolute Gasteiger partial charge is 0.303 e. The van der Waals surface area contributed by atoms with Crippen molar-refractivity contribution in [3.05, 3.63) is 0 Å². The van der Waals surface area contributed by atoms with E-state index in [-0.39, 0.29) is 50.0 Å². The highest BCUT2D eigenvalue weighted by molar-refractivity contribution is 6.01. The third-order valence-corrected chi connectivity index (χ3v) is 18.7. The highest BCUT2D eigenvalue weighted by Gasteiger charge is 2.39. The Morgan fingerprint density at radius 1 is 0.405 bits per heavy atom. The molecule has 1 rings (SSSR count). The molecular weight excluding hydrogens is 1530 g/mol. The van der Waals surface area contributed by atoms with Gasteiger partial charge in [-0.15, -0.1) is 0 Å². The zero-order valence-corrected chi connectivity index (χ0v) is 67.6. The number of carbonyl (C=O) groups excluding carboxylic acids is 18. The lowest BCUT2D eigenvalue weighted by molar-refractivity contribution is -0.140. The van der Waals surface area contributed by atoms with Crippen LogP contribution < -0.4 is 108 Å². The van der Waals surface area contributed by atoms with Gasteiger partial charge in [0, 0.05) is 19.3 Å². The summed E-state index contributed by atoms with van der Waals surface area (Å²) in [7, 11) is 0. The van der Waals surface area contributed by atoms with Crippen LogP contribution in [0.1, 0.15) is 185 Å². The summed E-state index contributed by atoms with van der Waals surface area (Å²) in [6.07, 6.45) is -0.713. The first-order valence-corrected chi connectivity index (χ1v) is 38.8. The average Bonchev–Trinajstić information content (AvgIpc) is 0.853. The van der Waals surface area contributed by atoms with E-state index in [4.69, 9.17) is 28.7 Å². The minimum atomic E-state index is -1.90. The van der Waals surface area contributed by atoms with Gasteiger partial charge in [0.25, 0.3) is 0 Å². The molecule has 18 amide bonds. The van der Waals surface area contributed by atoms with Gasteiger partial charge in [-0.25, -0.2) is 0 Å². The maximum Gasteiger partial charge on any atom is 0.303 e. The van der Waals surface area contributed by atoms with E-state index in [1.165, 1.54) is 34.6 Å². The van der Waals surface area contributed by atoms with Gasteiger partial charge in [0.1, 0.15) is 72.5 Å². The largest absolute Gasteiger partial charge is 0.481 e. The minimum absolute atomic E-state index is 0.0987. The van der Waals surface area contributed by atoms with E-state index in [0.29, 0.717) is 12.8 Å². The molecule has 0 unspecified atom stereocenters. The lowest BCUT2D eigenvalue weighted by Crippen LogP contribution is -2.62. The number of carboxylic acid groups (broad SMARTS) is 2. The number of aliphatic hydroxyl groups excluding tert-OH is 2. The average molecular weight is 1650 g/mol. The molecule has 29 N–H and O–H groups in total. The zero-order chi connectivity index (χ0) is 88.4. The van der Waals surface area contributed by atoms with Crippen LogP contribution in [0.25, 0.3) is 0 Å². The number of unbranched alkanes of at least 4 members (excludes halogenated alkanes) is 1. The summed E-state index contributed by atoms with van der Waals surface area (Å²) in [5.74, 6) is -23.1. The number of primary amides is 3. The number of amides is 18. The first-order chi connectivity index (χ1) is 54.3. The summed E-state index contributed by atoms with van der Waals surface area (Å²) in [5, 5.41) is 75.2. The van der Waals surface area contributed by atoms with Crippen molar-refractivity contribution in [2.45, 2.75) is 269 Å². The number of hydrogen-bond donors (Lipinski definition) is 24. The topological polar surface area (TPSA) is 733 Å². The summed E-state index contributed by atoms with van der Waals surface area (Å²) < 4.78 is 0. The molecule has 1 fully saturated rings. The quantitative estimate of drug-likeness (QED) is 0.0252. The molecule has 44 nitrogen and oxygen atoms in total. The molecule has 116 heavy (non-hydrogen) atoms. The number of carbonyl (C=O) groups is 20. The van der Waals surface area contributed by atoms with E-state index >= 15 is 0 Å². The van der Waals surface area contributed by atoms with Gasteiger partial charge in [-0.3, -0.25) is 95.9 Å². The van der Waals surface area contributed by atoms with Gasteiger partial charge < -0.3 is 129 Å². The Hall–Kier alpha value is -10.8. The lowest BCUT2D eigenvalue weighted by Gasteiger charge is -2.29. The Balaban J connectivity index is 3.25. The van der Waals surface area contributed by atoms with Crippen molar-refractivity contribution < 1.29 is 116 Å². The number of carboxylic acids is 2. The molecule has 0 aromatic heterocycles. The van der Waals surface area contributed by atoms with Crippen LogP contribution in [0, 0.1) is 29.6 Å². The van der Waals surface area contributed by atoms with Crippen LogP contribution in [-0.2, 0) is 95.9 Å². The van der Waals surface area contributed by atoms with E-state index in [0.717, 1.165) is 39.0 Å². The first kappa shape index (κ1) is 103. The highest BCUT2D eigenvalue weighted by Crippen LogP contribution is 2.27. The predicted octanol–water partition coefficient (Wildman–Crippen LogP) is -8.27. The Kier molecular flexibility index (Phi) is 47.5. The van der Waals surface area contributed by atoms with Crippen molar-refractivity contribution >= 4 is 118 Å². The molecule has 1 aliphatic carbocycles. The summed E-state index contributed by atoms with van der Waals surface area (Å²) in [5.41, 5.74) is 28.0. The van der Waals surface area contributed by atoms with Gasteiger partial charge in [0.05, 0.1) is 44.8 Å². The second-order valence-electron chi connectivity index (χ2n) is 29.9. The molecule has 44 heteroatoms. The number of nitrogens with two attached hydrogens (primary N) is 5. The molecule has 0 spiro atoms. The van der Waals surface area contributed by atoms with E-state index in [9.17, 15) is 116 Å². The maximum atomic E-state index is 14.2.